The number of amides is 1. The van der Waals surface area contributed by atoms with Gasteiger partial charge >= 0.3 is 0 Å². The molecule has 1 aromatic heterocycles. The van der Waals surface area contributed by atoms with Crippen LogP contribution in [0.4, 0.5) is 0 Å². The number of nitrogens with zero attached hydrogens (tertiary/aromatic N) is 3. The quantitative estimate of drug-likeness (QED) is 0.542. The van der Waals surface area contributed by atoms with E-state index in [1.807, 2.05) is 30.3 Å². The van der Waals surface area contributed by atoms with Crippen molar-refractivity contribution >= 4 is 22.0 Å². The smallest absolute Gasteiger partial charge is 0.244 e. The minimum Gasteiger partial charge on any atom is -0.352 e. The zero-order valence-corrected chi connectivity index (χ0v) is 16.4. The summed E-state index contributed by atoms with van der Waals surface area (Å²) in [6, 6.07) is 16.1. The molecule has 0 radical (unpaired) electrons. The van der Waals surface area contributed by atoms with Gasteiger partial charge in [-0.15, -0.1) is 5.10 Å². The van der Waals surface area contributed by atoms with Crippen LogP contribution in [0.15, 0.2) is 71.8 Å². The van der Waals surface area contributed by atoms with Gasteiger partial charge in [-0.25, -0.2) is 18.2 Å². The van der Waals surface area contributed by atoms with Gasteiger partial charge in [0.2, 0.25) is 15.9 Å². The van der Waals surface area contributed by atoms with Crippen LogP contribution >= 0.6 is 0 Å². The van der Waals surface area contributed by atoms with E-state index in [-0.39, 0.29) is 10.8 Å². The number of sulfonamides is 1. The van der Waals surface area contributed by atoms with Gasteiger partial charge in [0.1, 0.15) is 5.69 Å². The number of carbonyl (C=O) groups excluding carboxylic acids is 1. The highest BCUT2D eigenvalue weighted by Crippen LogP contribution is 2.09. The van der Waals surface area contributed by atoms with Crippen LogP contribution in [0.2, 0.25) is 0 Å². The minimum absolute atomic E-state index is 0.0635. The van der Waals surface area contributed by atoms with E-state index < -0.39 is 10.0 Å². The molecule has 0 saturated heterocycles. The van der Waals surface area contributed by atoms with Crippen molar-refractivity contribution in [3.05, 3.63) is 83.7 Å². The summed E-state index contributed by atoms with van der Waals surface area (Å²) in [5, 5.41) is 15.9. The van der Waals surface area contributed by atoms with Gasteiger partial charge in [0.25, 0.3) is 0 Å². The molecule has 0 fully saturated rings. The highest BCUT2D eigenvalue weighted by atomic mass is 32.2. The van der Waals surface area contributed by atoms with E-state index in [0.29, 0.717) is 25.2 Å². The van der Waals surface area contributed by atoms with E-state index in [2.05, 4.69) is 15.6 Å². The third-order valence-corrected chi connectivity index (χ3v) is 5.04. The Labute approximate surface area is 169 Å². The van der Waals surface area contributed by atoms with Crippen molar-refractivity contribution < 1.29 is 13.2 Å². The summed E-state index contributed by atoms with van der Waals surface area (Å²) in [6.45, 7) is 1.02. The number of aromatic nitrogens is 3. The molecule has 0 aliphatic carbocycles. The number of rotatable bonds is 8. The third kappa shape index (κ3) is 6.37. The molecular formula is C20H21N5O3S. The third-order valence-electron chi connectivity index (χ3n) is 4.11. The van der Waals surface area contributed by atoms with Gasteiger partial charge in [-0.3, -0.25) is 4.79 Å². The number of carbonyl (C=O) groups is 1. The Hall–Kier alpha value is -3.30. The lowest BCUT2D eigenvalue weighted by atomic mass is 10.1. The molecule has 3 aromatic rings. The van der Waals surface area contributed by atoms with Crippen LogP contribution in [0.1, 0.15) is 16.8 Å². The molecule has 0 unspecified atom stereocenters. The van der Waals surface area contributed by atoms with Gasteiger partial charge in [-0.1, -0.05) is 47.7 Å². The standard InChI is InChI=1S/C20H21N5O3S/c21-29(27,28)19-9-6-16(7-10-19)12-13-22-20(26)11-8-18-15-25(24-23-18)14-17-4-2-1-3-5-17/h1-11,15H,12-14H2,(H,22,26)(H2,21,27,28)/b11-8+. The maximum absolute atomic E-state index is 11.9. The van der Waals surface area contributed by atoms with Gasteiger partial charge in [-0.05, 0) is 35.8 Å². The van der Waals surface area contributed by atoms with Gasteiger partial charge < -0.3 is 5.32 Å². The molecule has 3 rings (SSSR count). The molecule has 1 amide bonds. The zero-order chi connectivity index (χ0) is 20.7. The van der Waals surface area contributed by atoms with Crippen LogP contribution in [0.25, 0.3) is 6.08 Å². The van der Waals surface area contributed by atoms with Crippen LogP contribution in [0.3, 0.4) is 0 Å². The van der Waals surface area contributed by atoms with Crippen molar-refractivity contribution in [1.29, 1.82) is 0 Å². The van der Waals surface area contributed by atoms with Crippen molar-refractivity contribution in [2.45, 2.75) is 17.9 Å². The second-order valence-electron chi connectivity index (χ2n) is 6.39. The Morgan fingerprint density at radius 3 is 2.48 bits per heavy atom. The largest absolute Gasteiger partial charge is 0.352 e. The lowest BCUT2D eigenvalue weighted by Crippen LogP contribution is -2.23. The molecule has 9 heteroatoms. The summed E-state index contributed by atoms with van der Waals surface area (Å²) in [5.41, 5.74) is 2.60. The van der Waals surface area contributed by atoms with Crippen molar-refractivity contribution in [3.8, 4) is 0 Å². The fourth-order valence-corrected chi connectivity index (χ4v) is 3.15. The monoisotopic (exact) mass is 411 g/mol. The molecule has 0 spiro atoms. The molecule has 2 aromatic carbocycles. The van der Waals surface area contributed by atoms with E-state index >= 15 is 0 Å². The molecule has 3 N–H and O–H groups in total. The maximum Gasteiger partial charge on any atom is 0.244 e. The first kappa shape index (κ1) is 20.4. The number of hydrogen-bond donors (Lipinski definition) is 2. The molecule has 0 atom stereocenters. The molecule has 150 valence electrons. The van der Waals surface area contributed by atoms with Crippen LogP contribution in [0.5, 0.6) is 0 Å². The fourth-order valence-electron chi connectivity index (χ4n) is 2.63. The van der Waals surface area contributed by atoms with E-state index in [1.54, 1.807) is 29.1 Å². The topological polar surface area (TPSA) is 120 Å². The summed E-state index contributed by atoms with van der Waals surface area (Å²) < 4.78 is 24.2. The van der Waals surface area contributed by atoms with Crippen LogP contribution < -0.4 is 10.5 Å². The van der Waals surface area contributed by atoms with E-state index in [1.165, 1.54) is 18.2 Å². The Balaban J connectivity index is 1.45. The summed E-state index contributed by atoms with van der Waals surface area (Å²) in [5.74, 6) is -0.247. The highest BCUT2D eigenvalue weighted by molar-refractivity contribution is 7.89. The number of primary sulfonamides is 1. The van der Waals surface area contributed by atoms with Gasteiger partial charge in [0.15, 0.2) is 0 Å². The first-order chi connectivity index (χ1) is 13.9. The second-order valence-corrected chi connectivity index (χ2v) is 7.95. The lowest BCUT2D eigenvalue weighted by molar-refractivity contribution is -0.116. The van der Waals surface area contributed by atoms with Gasteiger partial charge in [0, 0.05) is 12.6 Å². The van der Waals surface area contributed by atoms with Crippen molar-refractivity contribution in [3.63, 3.8) is 0 Å². The lowest BCUT2D eigenvalue weighted by Gasteiger charge is -2.04. The van der Waals surface area contributed by atoms with Crippen molar-refractivity contribution in [2.24, 2.45) is 5.14 Å². The van der Waals surface area contributed by atoms with Crippen LogP contribution in [-0.4, -0.2) is 35.9 Å². The Morgan fingerprint density at radius 2 is 1.79 bits per heavy atom. The van der Waals surface area contributed by atoms with E-state index in [0.717, 1.165) is 11.1 Å². The normalized spacial score (nSPS) is 11.6. The minimum atomic E-state index is -3.70. The number of hydrogen-bond acceptors (Lipinski definition) is 5. The second kappa shape index (κ2) is 9.26. The summed E-state index contributed by atoms with van der Waals surface area (Å²) >= 11 is 0. The molecule has 0 aliphatic rings. The van der Waals surface area contributed by atoms with Crippen LogP contribution in [-0.2, 0) is 27.8 Å². The van der Waals surface area contributed by atoms with E-state index in [9.17, 15) is 13.2 Å². The average Bonchev–Trinajstić information content (AvgIpc) is 3.14. The number of nitrogens with one attached hydrogen (secondary N) is 1. The summed E-state index contributed by atoms with van der Waals surface area (Å²) in [7, 11) is -3.70. The molecule has 0 saturated carbocycles. The van der Waals surface area contributed by atoms with Gasteiger partial charge in [0.05, 0.1) is 17.6 Å². The molecular weight excluding hydrogens is 390 g/mol. The predicted molar refractivity (Wildman–Crippen MR) is 109 cm³/mol. The molecule has 8 nitrogen and oxygen atoms in total. The Morgan fingerprint density at radius 1 is 1.07 bits per heavy atom. The predicted octanol–water partition coefficient (Wildman–Crippen LogP) is 1.35. The SMILES string of the molecule is NS(=O)(=O)c1ccc(CCNC(=O)/C=C/c2cn(Cc3ccccc3)nn2)cc1. The number of nitrogens with two attached hydrogens (primary N) is 1. The van der Waals surface area contributed by atoms with Gasteiger partial charge in [-0.2, -0.15) is 0 Å². The Kier molecular flexibility index (Phi) is 6.53. The zero-order valence-electron chi connectivity index (χ0n) is 15.6. The van der Waals surface area contributed by atoms with Crippen molar-refractivity contribution in [2.75, 3.05) is 6.54 Å². The highest BCUT2D eigenvalue weighted by Gasteiger charge is 2.06. The number of benzene rings is 2. The summed E-state index contributed by atoms with van der Waals surface area (Å²) in [6.07, 6.45) is 5.34. The molecule has 0 aliphatic heterocycles. The first-order valence-electron chi connectivity index (χ1n) is 8.92. The van der Waals surface area contributed by atoms with E-state index in [4.69, 9.17) is 5.14 Å². The first-order valence-corrected chi connectivity index (χ1v) is 10.5. The molecule has 0 bridgehead atoms. The maximum atomic E-state index is 11.9. The van der Waals surface area contributed by atoms with Crippen LogP contribution in [0, 0.1) is 0 Å². The Bertz CT molecular complexity index is 1090. The van der Waals surface area contributed by atoms with Crippen molar-refractivity contribution in [1.82, 2.24) is 20.3 Å². The fraction of sp³-hybridized carbons (Fsp3) is 0.150. The summed E-state index contributed by atoms with van der Waals surface area (Å²) in [4.78, 5) is 12.0. The molecule has 29 heavy (non-hydrogen) atoms. The average molecular weight is 411 g/mol. The molecule has 1 heterocycles.